The second kappa shape index (κ2) is 16.2. The van der Waals surface area contributed by atoms with E-state index in [9.17, 15) is 9.59 Å². The first-order chi connectivity index (χ1) is 26.1. The van der Waals surface area contributed by atoms with Crippen LogP contribution >= 0.6 is 7.26 Å². The average Bonchev–Trinajstić information content (AvgIpc) is 3.63. The Morgan fingerprint density at radius 1 is 0.519 bits per heavy atom. The Bertz CT molecular complexity index is 2100. The van der Waals surface area contributed by atoms with E-state index < -0.39 is 12.8 Å². The van der Waals surface area contributed by atoms with Crippen molar-refractivity contribution in [2.75, 3.05) is 11.4 Å². The summed E-state index contributed by atoms with van der Waals surface area (Å²) < 4.78 is 0. The quantitative estimate of drug-likeness (QED) is 0.147. The summed E-state index contributed by atoms with van der Waals surface area (Å²) in [6.45, 7) is 0.600. The van der Waals surface area contributed by atoms with Gasteiger partial charge in [0.05, 0.1) is 0 Å². The van der Waals surface area contributed by atoms with Gasteiger partial charge in [0.15, 0.2) is 5.66 Å². The van der Waals surface area contributed by atoms with Gasteiger partial charge in [0.1, 0.15) is 28.7 Å². The minimum absolute atomic E-state index is 0. The second-order valence-electron chi connectivity index (χ2n) is 13.4. The van der Waals surface area contributed by atoms with E-state index in [2.05, 4.69) is 115 Å². The predicted molar refractivity (Wildman–Crippen MR) is 219 cm³/mol. The van der Waals surface area contributed by atoms with Crippen molar-refractivity contribution in [3.8, 4) is 0 Å². The lowest BCUT2D eigenvalue weighted by Crippen LogP contribution is -3.00. The van der Waals surface area contributed by atoms with Crippen LogP contribution in [0.15, 0.2) is 206 Å². The van der Waals surface area contributed by atoms with Crippen molar-refractivity contribution in [2.45, 2.75) is 17.6 Å². The average molecular weight is 788 g/mol. The molecule has 4 nitrogen and oxygen atoms in total. The Morgan fingerprint density at radius 2 is 0.870 bits per heavy atom. The monoisotopic (exact) mass is 786 g/mol. The Kier molecular flexibility index (Phi) is 11.0. The van der Waals surface area contributed by atoms with Gasteiger partial charge in [-0.2, -0.15) is 0 Å². The van der Waals surface area contributed by atoms with Crippen molar-refractivity contribution in [3.05, 3.63) is 229 Å². The maximum Gasteiger partial charge on any atom is 0.268 e. The van der Waals surface area contributed by atoms with Gasteiger partial charge in [-0.25, -0.2) is 0 Å². The van der Waals surface area contributed by atoms with Crippen LogP contribution in [0.2, 0.25) is 0 Å². The lowest BCUT2D eigenvalue weighted by Gasteiger charge is -2.37. The number of rotatable bonds is 10. The van der Waals surface area contributed by atoms with Gasteiger partial charge in [0.2, 0.25) is 0 Å². The predicted octanol–water partition coefficient (Wildman–Crippen LogP) is 5.51. The van der Waals surface area contributed by atoms with E-state index in [1.807, 2.05) is 102 Å². The molecule has 0 spiro atoms. The SMILES string of the molecule is O=C(NC(c1ccccc1)(c1ccccc1)c1ccccc1)c1ccc(N2CC[C@@H]([P+](c3ccccc3)(c3ccccc3)c3ccccc3)C2=O)cc1.[Br-]. The van der Waals surface area contributed by atoms with Crippen molar-refractivity contribution < 1.29 is 26.6 Å². The van der Waals surface area contributed by atoms with Gasteiger partial charge in [0, 0.05) is 24.2 Å². The van der Waals surface area contributed by atoms with Crippen LogP contribution in [-0.4, -0.2) is 24.0 Å². The molecule has 0 aromatic heterocycles. The first kappa shape index (κ1) is 36.7. The first-order valence-electron chi connectivity index (χ1n) is 18.1. The number of hydrogen-bond donors (Lipinski definition) is 1. The smallest absolute Gasteiger partial charge is 0.268 e. The summed E-state index contributed by atoms with van der Waals surface area (Å²) in [5, 5.41) is 7.05. The van der Waals surface area contributed by atoms with E-state index >= 15 is 0 Å². The standard InChI is InChI=1S/C48H39N2O2P.BrH/c51-46(49-48(38-19-7-1-8-20-38,39-21-9-2-10-22-39)40-23-11-3-12-24-40)37-31-33-41(34-32-37)50-36-35-45(47(50)52)53(42-25-13-4-14-26-42,43-27-15-5-16-28-43)44-29-17-6-18-30-44;/h1-34,45H,35-36H2;1H/t45-;/m1./s1. The summed E-state index contributed by atoms with van der Waals surface area (Å²) in [6, 6.07) is 69.6. The van der Waals surface area contributed by atoms with Gasteiger partial charge in [-0.05, 0) is 77.4 Å². The summed E-state index contributed by atoms with van der Waals surface area (Å²) in [5.74, 6) is -0.0933. The summed E-state index contributed by atoms with van der Waals surface area (Å²) in [6.07, 6.45) is 0.723. The van der Waals surface area contributed by atoms with Crippen LogP contribution in [0.25, 0.3) is 0 Å². The molecule has 8 rings (SSSR count). The third-order valence-electron chi connectivity index (χ3n) is 10.5. The van der Waals surface area contributed by atoms with Crippen LogP contribution in [0.5, 0.6) is 0 Å². The number of nitrogens with zero attached hydrogens (tertiary/aromatic N) is 1. The zero-order valence-electron chi connectivity index (χ0n) is 29.7. The lowest BCUT2D eigenvalue weighted by molar-refractivity contribution is -0.116. The number of carbonyl (C=O) groups is 2. The number of benzene rings is 7. The van der Waals surface area contributed by atoms with Gasteiger partial charge in [-0.1, -0.05) is 146 Å². The Balaban J connectivity index is 0.00000450. The summed E-state index contributed by atoms with van der Waals surface area (Å²) in [5.41, 5.74) is 3.01. The molecule has 266 valence electrons. The van der Waals surface area contributed by atoms with E-state index in [0.717, 1.165) is 28.8 Å². The van der Waals surface area contributed by atoms with Gasteiger partial charge in [-0.15, -0.1) is 0 Å². The van der Waals surface area contributed by atoms with Crippen LogP contribution in [0, 0.1) is 0 Å². The van der Waals surface area contributed by atoms with Crippen molar-refractivity contribution in [1.29, 1.82) is 0 Å². The van der Waals surface area contributed by atoms with E-state index in [4.69, 9.17) is 0 Å². The molecule has 6 heteroatoms. The third kappa shape index (κ3) is 6.59. The van der Waals surface area contributed by atoms with Crippen LogP contribution in [0.4, 0.5) is 5.69 Å². The molecule has 1 fully saturated rings. The molecule has 54 heavy (non-hydrogen) atoms. The fourth-order valence-electron chi connectivity index (χ4n) is 8.07. The number of anilines is 1. The maximum atomic E-state index is 14.8. The first-order valence-corrected chi connectivity index (χ1v) is 19.9. The molecule has 1 aliphatic heterocycles. The van der Waals surface area contributed by atoms with Gasteiger partial charge in [0.25, 0.3) is 11.8 Å². The second-order valence-corrected chi connectivity index (χ2v) is 17.0. The van der Waals surface area contributed by atoms with Crippen LogP contribution in [-0.2, 0) is 10.3 Å². The number of amides is 2. The highest BCUT2D eigenvalue weighted by Crippen LogP contribution is 2.62. The summed E-state index contributed by atoms with van der Waals surface area (Å²) >= 11 is 0. The third-order valence-corrected chi connectivity index (χ3v) is 15.2. The lowest BCUT2D eigenvalue weighted by atomic mass is 9.77. The van der Waals surface area contributed by atoms with E-state index in [-0.39, 0.29) is 34.5 Å². The molecule has 1 saturated heterocycles. The zero-order chi connectivity index (χ0) is 36.1. The fourth-order valence-corrected chi connectivity index (χ4v) is 12.9. The van der Waals surface area contributed by atoms with Gasteiger partial charge in [-0.3, -0.25) is 9.59 Å². The highest BCUT2D eigenvalue weighted by molar-refractivity contribution is 7.97. The number of hydrogen-bond acceptors (Lipinski definition) is 2. The molecule has 7 aromatic carbocycles. The largest absolute Gasteiger partial charge is 1.00 e. The van der Waals surface area contributed by atoms with Crippen molar-refractivity contribution in [1.82, 2.24) is 5.32 Å². The summed E-state index contributed by atoms with van der Waals surface area (Å²) in [7, 11) is -2.41. The molecule has 7 aromatic rings. The topological polar surface area (TPSA) is 49.4 Å². The molecule has 0 bridgehead atoms. The molecule has 1 aliphatic rings. The molecule has 1 N–H and O–H groups in total. The van der Waals surface area contributed by atoms with Crippen LogP contribution in [0.3, 0.4) is 0 Å². The maximum absolute atomic E-state index is 14.8. The molecule has 0 saturated carbocycles. The van der Waals surface area contributed by atoms with E-state index in [1.165, 1.54) is 15.9 Å². The number of halogens is 1. The van der Waals surface area contributed by atoms with Crippen LogP contribution in [0.1, 0.15) is 33.5 Å². The molecule has 0 aliphatic carbocycles. The minimum atomic E-state index is -2.41. The highest BCUT2D eigenvalue weighted by Gasteiger charge is 2.58. The van der Waals surface area contributed by atoms with Crippen molar-refractivity contribution in [3.63, 3.8) is 0 Å². The Morgan fingerprint density at radius 3 is 1.24 bits per heavy atom. The summed E-state index contributed by atoms with van der Waals surface area (Å²) in [4.78, 5) is 31.1. The molecule has 0 unspecified atom stereocenters. The Labute approximate surface area is 328 Å². The zero-order valence-corrected chi connectivity index (χ0v) is 32.2. The highest BCUT2D eigenvalue weighted by atomic mass is 79.9. The van der Waals surface area contributed by atoms with Crippen LogP contribution < -0.4 is 43.1 Å². The normalized spacial score (nSPS) is 14.3. The van der Waals surface area contributed by atoms with Gasteiger partial charge < -0.3 is 27.2 Å². The molecular formula is C48H40BrN2O2P. The van der Waals surface area contributed by atoms with Gasteiger partial charge >= 0.3 is 0 Å². The molecule has 1 atom stereocenters. The van der Waals surface area contributed by atoms with E-state index in [1.54, 1.807) is 0 Å². The molecule has 1 heterocycles. The van der Waals surface area contributed by atoms with E-state index in [0.29, 0.717) is 12.1 Å². The van der Waals surface area contributed by atoms with Crippen molar-refractivity contribution >= 4 is 40.7 Å². The molecule has 0 radical (unpaired) electrons. The molecule has 2 amide bonds. The fraction of sp³-hybridized carbons (Fsp3) is 0.0833. The van der Waals surface area contributed by atoms with Crippen molar-refractivity contribution in [2.24, 2.45) is 0 Å². The molecular weight excluding hydrogens is 747 g/mol. The number of carbonyl (C=O) groups excluding carboxylic acids is 2. The number of nitrogens with one attached hydrogen (secondary N) is 1. The minimum Gasteiger partial charge on any atom is -1.00 e. The Hall–Kier alpha value is -5.61.